The fourth-order valence-electron chi connectivity index (χ4n) is 2.13. The van der Waals surface area contributed by atoms with Crippen molar-refractivity contribution in [3.8, 4) is 0 Å². The van der Waals surface area contributed by atoms with E-state index in [4.69, 9.17) is 11.6 Å². The molecule has 0 unspecified atom stereocenters. The van der Waals surface area contributed by atoms with Gasteiger partial charge in [-0.25, -0.2) is 8.93 Å². The second-order valence-corrected chi connectivity index (χ2v) is 9.04. The molecule has 0 aliphatic carbocycles. The van der Waals surface area contributed by atoms with Crippen molar-refractivity contribution in [2.24, 2.45) is 0 Å². The number of alkyl halides is 3. The first-order valence-corrected chi connectivity index (χ1v) is 9.12. The molecule has 1 N–H and O–H groups in total. The van der Waals surface area contributed by atoms with Crippen molar-refractivity contribution in [2.75, 3.05) is 0 Å². The van der Waals surface area contributed by atoms with Crippen LogP contribution in [0.1, 0.15) is 43.5 Å². The van der Waals surface area contributed by atoms with Crippen LogP contribution in [0.25, 0.3) is 0 Å². The Balaban J connectivity index is 2.40. The first-order chi connectivity index (χ1) is 11.5. The Kier molecular flexibility index (Phi) is 5.97. The molecule has 0 aromatic heterocycles. The maximum atomic E-state index is 12.8. The lowest BCUT2D eigenvalue weighted by atomic mass is 9.98. The van der Waals surface area contributed by atoms with Gasteiger partial charge in [-0.15, -0.1) is 0 Å². The van der Waals surface area contributed by atoms with Gasteiger partial charge in [-0.1, -0.05) is 35.9 Å². The Morgan fingerprint density at radius 3 is 1.76 bits per heavy atom. The SMILES string of the molecule is CC(C)(C)[S@](=O)N[C@@H](c1ccc(Cl)cc1)c1ccc(C(F)(F)F)cc1. The standard InChI is InChI=1S/C18H19ClF3NOS/c1-17(2,3)25(24)23-16(13-6-10-15(19)11-7-13)12-4-8-14(9-5-12)18(20,21)22/h4-11,16,23H,1-3H3/t16-,25+/m1/s1. The highest BCUT2D eigenvalue weighted by molar-refractivity contribution is 7.84. The van der Waals surface area contributed by atoms with E-state index in [0.29, 0.717) is 10.6 Å². The molecule has 0 radical (unpaired) electrons. The molecule has 2 atom stereocenters. The third kappa shape index (κ3) is 5.30. The van der Waals surface area contributed by atoms with E-state index in [1.807, 2.05) is 20.8 Å². The molecule has 0 aliphatic heterocycles. The van der Waals surface area contributed by atoms with Crippen molar-refractivity contribution in [1.29, 1.82) is 0 Å². The summed E-state index contributed by atoms with van der Waals surface area (Å²) in [6.07, 6.45) is -4.39. The van der Waals surface area contributed by atoms with Gasteiger partial charge in [0, 0.05) is 5.02 Å². The molecule has 2 aromatic rings. The zero-order valence-corrected chi connectivity index (χ0v) is 15.6. The van der Waals surface area contributed by atoms with Crippen LogP contribution in [0.15, 0.2) is 48.5 Å². The monoisotopic (exact) mass is 389 g/mol. The molecular weight excluding hydrogens is 371 g/mol. The fraction of sp³-hybridized carbons (Fsp3) is 0.333. The topological polar surface area (TPSA) is 29.1 Å². The fourth-order valence-corrected chi connectivity index (χ4v) is 3.10. The zero-order valence-electron chi connectivity index (χ0n) is 14.0. The summed E-state index contributed by atoms with van der Waals surface area (Å²) >= 11 is 5.91. The third-order valence-corrected chi connectivity index (χ3v) is 5.37. The van der Waals surface area contributed by atoms with Crippen LogP contribution in [-0.2, 0) is 17.2 Å². The summed E-state index contributed by atoms with van der Waals surface area (Å²) in [5, 5.41) is 0.548. The summed E-state index contributed by atoms with van der Waals surface area (Å²) < 4.78 is 53.3. The molecule has 2 rings (SSSR count). The highest BCUT2D eigenvalue weighted by Gasteiger charge is 2.31. The van der Waals surface area contributed by atoms with Gasteiger partial charge < -0.3 is 0 Å². The predicted octanol–water partition coefficient (Wildman–Crippen LogP) is 5.50. The molecule has 0 saturated carbocycles. The highest BCUT2D eigenvalue weighted by atomic mass is 35.5. The minimum Gasteiger partial charge on any atom is -0.242 e. The van der Waals surface area contributed by atoms with E-state index in [2.05, 4.69) is 4.72 Å². The van der Waals surface area contributed by atoms with Crippen LogP contribution in [0.2, 0.25) is 5.02 Å². The Morgan fingerprint density at radius 1 is 0.920 bits per heavy atom. The molecule has 136 valence electrons. The van der Waals surface area contributed by atoms with Gasteiger partial charge in [-0.05, 0) is 56.2 Å². The summed E-state index contributed by atoms with van der Waals surface area (Å²) in [6, 6.07) is 11.2. The van der Waals surface area contributed by atoms with Crippen molar-refractivity contribution >= 4 is 22.6 Å². The van der Waals surface area contributed by atoms with Crippen molar-refractivity contribution in [1.82, 2.24) is 4.72 Å². The molecule has 0 amide bonds. The first-order valence-electron chi connectivity index (χ1n) is 7.59. The van der Waals surface area contributed by atoms with Crippen LogP contribution >= 0.6 is 11.6 Å². The summed E-state index contributed by atoms with van der Waals surface area (Å²) in [6.45, 7) is 5.46. The van der Waals surface area contributed by atoms with Gasteiger partial charge >= 0.3 is 6.18 Å². The lowest BCUT2D eigenvalue weighted by molar-refractivity contribution is -0.137. The van der Waals surface area contributed by atoms with E-state index in [0.717, 1.165) is 17.7 Å². The van der Waals surface area contributed by atoms with Crippen LogP contribution < -0.4 is 4.72 Å². The van der Waals surface area contributed by atoms with Gasteiger partial charge in [0.25, 0.3) is 0 Å². The summed E-state index contributed by atoms with van der Waals surface area (Å²) in [7, 11) is -1.40. The minimum atomic E-state index is -4.39. The van der Waals surface area contributed by atoms with Crippen molar-refractivity contribution in [3.63, 3.8) is 0 Å². The molecule has 0 fully saturated rings. The molecule has 0 heterocycles. The number of nitrogens with one attached hydrogen (secondary N) is 1. The van der Waals surface area contributed by atoms with E-state index in [-0.39, 0.29) is 0 Å². The first kappa shape index (κ1) is 19.9. The zero-order chi connectivity index (χ0) is 18.8. The van der Waals surface area contributed by atoms with Crippen LogP contribution in [0.5, 0.6) is 0 Å². The second-order valence-electron chi connectivity index (χ2n) is 6.60. The average Bonchev–Trinajstić information content (AvgIpc) is 2.52. The van der Waals surface area contributed by atoms with Crippen molar-refractivity contribution < 1.29 is 17.4 Å². The molecule has 0 bridgehead atoms. The minimum absolute atomic E-state index is 0.514. The Morgan fingerprint density at radius 2 is 1.36 bits per heavy atom. The van der Waals surface area contributed by atoms with Gasteiger partial charge in [0.1, 0.15) is 0 Å². The molecule has 0 saturated heterocycles. The molecule has 2 nitrogen and oxygen atoms in total. The number of benzene rings is 2. The normalized spacial score (nSPS) is 15.0. The molecular formula is C18H19ClF3NOS. The summed E-state index contributed by atoms with van der Waals surface area (Å²) in [5.74, 6) is 0. The molecule has 7 heteroatoms. The maximum Gasteiger partial charge on any atom is 0.416 e. The third-order valence-electron chi connectivity index (χ3n) is 3.56. The van der Waals surface area contributed by atoms with E-state index in [1.54, 1.807) is 24.3 Å². The maximum absolute atomic E-state index is 12.8. The van der Waals surface area contributed by atoms with E-state index >= 15 is 0 Å². The summed E-state index contributed by atoms with van der Waals surface area (Å²) in [4.78, 5) is 0. The van der Waals surface area contributed by atoms with Gasteiger partial charge in [-0.2, -0.15) is 13.2 Å². The van der Waals surface area contributed by atoms with E-state index in [1.165, 1.54) is 12.1 Å². The predicted molar refractivity (Wildman–Crippen MR) is 95.8 cm³/mol. The number of rotatable bonds is 4. The highest BCUT2D eigenvalue weighted by Crippen LogP contribution is 2.31. The van der Waals surface area contributed by atoms with Gasteiger partial charge in [0.15, 0.2) is 0 Å². The quantitative estimate of drug-likeness (QED) is 0.735. The van der Waals surface area contributed by atoms with E-state index < -0.39 is 33.5 Å². The van der Waals surface area contributed by atoms with Crippen molar-refractivity contribution in [2.45, 2.75) is 37.7 Å². The lowest BCUT2D eigenvalue weighted by Crippen LogP contribution is -2.36. The van der Waals surface area contributed by atoms with Crippen LogP contribution in [0, 0.1) is 0 Å². The second kappa shape index (κ2) is 7.48. The Bertz CT molecular complexity index is 737. The Labute approximate surface area is 153 Å². The van der Waals surface area contributed by atoms with Crippen molar-refractivity contribution in [3.05, 3.63) is 70.2 Å². The molecule has 0 spiro atoms. The van der Waals surface area contributed by atoms with Gasteiger partial charge in [-0.3, -0.25) is 0 Å². The summed E-state index contributed by atoms with van der Waals surface area (Å²) in [5.41, 5.74) is 0.637. The Hall–Kier alpha value is -1.37. The smallest absolute Gasteiger partial charge is 0.242 e. The molecule has 2 aromatic carbocycles. The van der Waals surface area contributed by atoms with Crippen LogP contribution in [0.4, 0.5) is 13.2 Å². The molecule has 25 heavy (non-hydrogen) atoms. The van der Waals surface area contributed by atoms with E-state index in [9.17, 15) is 17.4 Å². The average molecular weight is 390 g/mol. The number of hydrogen-bond donors (Lipinski definition) is 1. The number of hydrogen-bond acceptors (Lipinski definition) is 1. The largest absolute Gasteiger partial charge is 0.416 e. The van der Waals surface area contributed by atoms with Gasteiger partial charge in [0.05, 0.1) is 27.3 Å². The molecule has 0 aliphatic rings. The van der Waals surface area contributed by atoms with Crippen LogP contribution in [-0.4, -0.2) is 8.96 Å². The number of halogens is 4. The van der Waals surface area contributed by atoms with Gasteiger partial charge in [0.2, 0.25) is 0 Å². The van der Waals surface area contributed by atoms with Crippen LogP contribution in [0.3, 0.4) is 0 Å². The lowest BCUT2D eigenvalue weighted by Gasteiger charge is -2.25.